The monoisotopic (exact) mass is 400 g/mol. The molecule has 1 saturated carbocycles. The van der Waals surface area contributed by atoms with Gasteiger partial charge < -0.3 is 20.9 Å². The summed E-state index contributed by atoms with van der Waals surface area (Å²) in [6.07, 6.45) is 3.16. The molecule has 158 valence electrons. The van der Waals surface area contributed by atoms with E-state index in [1.807, 2.05) is 19.1 Å². The normalized spacial score (nSPS) is 23.7. The van der Waals surface area contributed by atoms with Gasteiger partial charge in [0.15, 0.2) is 0 Å². The summed E-state index contributed by atoms with van der Waals surface area (Å²) in [7, 11) is 0. The molecule has 0 spiro atoms. The van der Waals surface area contributed by atoms with Gasteiger partial charge >= 0.3 is 6.03 Å². The largest absolute Gasteiger partial charge is 0.352 e. The first-order valence-corrected chi connectivity index (χ1v) is 10.7. The second-order valence-corrected chi connectivity index (χ2v) is 8.10. The van der Waals surface area contributed by atoms with Gasteiger partial charge in [0.05, 0.1) is 0 Å². The summed E-state index contributed by atoms with van der Waals surface area (Å²) in [6, 6.07) is 8.01. The molecule has 1 aromatic rings. The summed E-state index contributed by atoms with van der Waals surface area (Å²) in [4.78, 5) is 38.8. The molecule has 1 heterocycles. The van der Waals surface area contributed by atoms with Crippen LogP contribution in [0.5, 0.6) is 0 Å². The van der Waals surface area contributed by atoms with Gasteiger partial charge in [-0.25, -0.2) is 4.79 Å². The van der Waals surface area contributed by atoms with E-state index in [0.717, 1.165) is 18.4 Å². The molecule has 4 amide bonds. The summed E-state index contributed by atoms with van der Waals surface area (Å²) in [6.45, 7) is 5.78. The molecule has 0 unspecified atom stereocenters. The van der Waals surface area contributed by atoms with Crippen molar-refractivity contribution in [3.63, 3.8) is 0 Å². The van der Waals surface area contributed by atoms with Crippen LogP contribution in [-0.4, -0.2) is 48.4 Å². The van der Waals surface area contributed by atoms with Crippen molar-refractivity contribution in [2.45, 2.75) is 52.1 Å². The zero-order chi connectivity index (χ0) is 20.8. The minimum absolute atomic E-state index is 0.0221. The molecule has 3 N–H and O–H groups in total. The Morgan fingerprint density at radius 1 is 1.10 bits per heavy atom. The second kappa shape index (κ2) is 9.76. The fourth-order valence-corrected chi connectivity index (χ4v) is 4.22. The minimum Gasteiger partial charge on any atom is -0.352 e. The van der Waals surface area contributed by atoms with Gasteiger partial charge in [-0.3, -0.25) is 9.59 Å². The van der Waals surface area contributed by atoms with E-state index < -0.39 is 0 Å². The molecule has 0 radical (unpaired) electrons. The number of fused-ring (bicyclic) bond motifs is 1. The summed E-state index contributed by atoms with van der Waals surface area (Å²) < 4.78 is 0. The number of amides is 4. The van der Waals surface area contributed by atoms with Gasteiger partial charge in [0.2, 0.25) is 11.8 Å². The Kier molecular flexibility index (Phi) is 7.12. The maximum atomic E-state index is 12.7. The first-order valence-electron chi connectivity index (χ1n) is 10.7. The molecule has 3 rings (SSSR count). The van der Waals surface area contributed by atoms with Crippen molar-refractivity contribution in [1.82, 2.24) is 20.9 Å². The Balaban J connectivity index is 1.54. The summed E-state index contributed by atoms with van der Waals surface area (Å²) >= 11 is 0. The van der Waals surface area contributed by atoms with Crippen molar-refractivity contribution in [2.75, 3.05) is 19.6 Å². The highest BCUT2D eigenvalue weighted by Crippen LogP contribution is 2.33. The second-order valence-electron chi connectivity index (χ2n) is 8.10. The molecule has 1 aliphatic carbocycles. The van der Waals surface area contributed by atoms with Gasteiger partial charge in [0, 0.05) is 31.6 Å². The van der Waals surface area contributed by atoms with E-state index >= 15 is 0 Å². The molecule has 29 heavy (non-hydrogen) atoms. The molecule has 7 nitrogen and oxygen atoms in total. The highest BCUT2D eigenvalue weighted by atomic mass is 16.2. The van der Waals surface area contributed by atoms with E-state index in [1.165, 1.54) is 5.56 Å². The van der Waals surface area contributed by atoms with Crippen molar-refractivity contribution < 1.29 is 14.4 Å². The van der Waals surface area contributed by atoms with Gasteiger partial charge in [0.1, 0.15) is 6.54 Å². The van der Waals surface area contributed by atoms with Gasteiger partial charge in [0.25, 0.3) is 0 Å². The fourth-order valence-electron chi connectivity index (χ4n) is 4.22. The predicted molar refractivity (Wildman–Crippen MR) is 111 cm³/mol. The van der Waals surface area contributed by atoms with Crippen LogP contribution in [0, 0.1) is 11.8 Å². The van der Waals surface area contributed by atoms with Gasteiger partial charge in [-0.05, 0) is 42.7 Å². The molecule has 3 atom stereocenters. The van der Waals surface area contributed by atoms with Gasteiger partial charge in [-0.2, -0.15) is 0 Å². The zero-order valence-corrected chi connectivity index (χ0v) is 17.4. The summed E-state index contributed by atoms with van der Waals surface area (Å²) in [5.41, 5.74) is 2.36. The molecule has 7 heteroatoms. The smallest absolute Gasteiger partial charge is 0.317 e. The molecule has 1 aliphatic heterocycles. The first kappa shape index (κ1) is 21.1. The van der Waals surface area contributed by atoms with Crippen LogP contribution < -0.4 is 16.0 Å². The Bertz CT molecular complexity index is 734. The number of carbonyl (C=O) groups excluding carboxylic acids is 3. The Hall–Kier alpha value is -2.57. The third kappa shape index (κ3) is 5.49. The number of hydrogen-bond acceptors (Lipinski definition) is 3. The van der Waals surface area contributed by atoms with E-state index in [4.69, 9.17) is 0 Å². The highest BCUT2D eigenvalue weighted by molar-refractivity contribution is 5.85. The molecular weight excluding hydrogens is 368 g/mol. The van der Waals surface area contributed by atoms with Crippen LogP contribution in [0.4, 0.5) is 4.79 Å². The Morgan fingerprint density at radius 2 is 1.83 bits per heavy atom. The van der Waals surface area contributed by atoms with Crippen molar-refractivity contribution in [1.29, 1.82) is 0 Å². The molecular formula is C22H32N4O3. The predicted octanol–water partition coefficient (Wildman–Crippen LogP) is 1.81. The van der Waals surface area contributed by atoms with Crippen LogP contribution in [0.1, 0.15) is 44.2 Å². The summed E-state index contributed by atoms with van der Waals surface area (Å²) in [5, 5.41) is 8.88. The van der Waals surface area contributed by atoms with Crippen LogP contribution in [0.2, 0.25) is 0 Å². The first-order chi connectivity index (χ1) is 14.0. The van der Waals surface area contributed by atoms with E-state index in [0.29, 0.717) is 32.5 Å². The maximum Gasteiger partial charge on any atom is 0.317 e. The lowest BCUT2D eigenvalue weighted by Gasteiger charge is -2.23. The third-order valence-electron chi connectivity index (χ3n) is 5.91. The zero-order valence-electron chi connectivity index (χ0n) is 17.4. The topological polar surface area (TPSA) is 90.5 Å². The van der Waals surface area contributed by atoms with Crippen LogP contribution in [0.3, 0.4) is 0 Å². The average Bonchev–Trinajstić information content (AvgIpc) is 3.04. The van der Waals surface area contributed by atoms with Gasteiger partial charge in [-0.15, -0.1) is 0 Å². The SMILES string of the molecule is CCCNC(=O)N1CC(=O)N[C@@H]2C[C@@H](C(=O)NCc3ccc(CC)cc3)C[C@@H]2C1. The highest BCUT2D eigenvalue weighted by Gasteiger charge is 2.42. The van der Waals surface area contributed by atoms with Crippen molar-refractivity contribution >= 4 is 17.8 Å². The number of urea groups is 1. The van der Waals surface area contributed by atoms with E-state index in [9.17, 15) is 14.4 Å². The third-order valence-corrected chi connectivity index (χ3v) is 5.91. The lowest BCUT2D eigenvalue weighted by Crippen LogP contribution is -2.44. The number of hydrogen-bond donors (Lipinski definition) is 3. The van der Waals surface area contributed by atoms with Crippen molar-refractivity contribution in [3.05, 3.63) is 35.4 Å². The number of benzene rings is 1. The van der Waals surface area contributed by atoms with Crippen LogP contribution >= 0.6 is 0 Å². The molecule has 1 saturated heterocycles. The van der Waals surface area contributed by atoms with E-state index in [-0.39, 0.29) is 42.3 Å². The molecule has 0 aromatic heterocycles. The van der Waals surface area contributed by atoms with Crippen LogP contribution in [-0.2, 0) is 22.6 Å². The number of rotatable bonds is 6. The van der Waals surface area contributed by atoms with Crippen LogP contribution in [0.15, 0.2) is 24.3 Å². The molecule has 1 aromatic carbocycles. The summed E-state index contributed by atoms with van der Waals surface area (Å²) in [5.74, 6) is -0.164. The standard InChI is InChI=1S/C22H32N4O3/c1-3-9-23-22(29)26-13-18-10-17(11-19(18)25-20(27)14-26)21(28)24-12-16-7-5-15(4-2)6-8-16/h5-8,17-19H,3-4,9-14H2,1-2H3,(H,23,29)(H,24,28)(H,25,27)/t17-,18+,19+/m0/s1. The van der Waals surface area contributed by atoms with Crippen molar-refractivity contribution in [2.24, 2.45) is 11.8 Å². The van der Waals surface area contributed by atoms with E-state index in [1.54, 1.807) is 4.90 Å². The molecule has 2 fully saturated rings. The van der Waals surface area contributed by atoms with Gasteiger partial charge in [-0.1, -0.05) is 38.1 Å². The fraction of sp³-hybridized carbons (Fsp3) is 0.591. The van der Waals surface area contributed by atoms with Crippen molar-refractivity contribution in [3.8, 4) is 0 Å². The lowest BCUT2D eigenvalue weighted by molar-refractivity contribution is -0.125. The lowest BCUT2D eigenvalue weighted by atomic mass is 10.0. The number of aryl methyl sites for hydroxylation is 1. The molecule has 0 bridgehead atoms. The molecule has 2 aliphatic rings. The Morgan fingerprint density at radius 3 is 2.52 bits per heavy atom. The Labute approximate surface area is 172 Å². The average molecular weight is 401 g/mol. The van der Waals surface area contributed by atoms with Crippen LogP contribution in [0.25, 0.3) is 0 Å². The number of nitrogens with zero attached hydrogens (tertiary/aromatic N) is 1. The number of carbonyl (C=O) groups is 3. The quantitative estimate of drug-likeness (QED) is 0.680. The minimum atomic E-state index is -0.203. The maximum absolute atomic E-state index is 12.7. The van der Waals surface area contributed by atoms with E-state index in [2.05, 4.69) is 35.0 Å². The number of nitrogens with one attached hydrogen (secondary N) is 3.